The zero-order valence-corrected chi connectivity index (χ0v) is 11.5. The van der Waals surface area contributed by atoms with E-state index in [9.17, 15) is 5.11 Å². The first-order valence-electron chi connectivity index (χ1n) is 7.49. The Labute approximate surface area is 106 Å². The Morgan fingerprint density at radius 2 is 1.88 bits per heavy atom. The molecule has 17 heavy (non-hydrogen) atoms. The van der Waals surface area contributed by atoms with Crippen LogP contribution in [0.25, 0.3) is 0 Å². The summed E-state index contributed by atoms with van der Waals surface area (Å²) in [5.41, 5.74) is 0.211. The minimum Gasteiger partial charge on any atom is -0.396 e. The van der Waals surface area contributed by atoms with Crippen LogP contribution >= 0.6 is 0 Å². The highest BCUT2D eigenvalue weighted by molar-refractivity contribution is 4.89. The van der Waals surface area contributed by atoms with Crippen molar-refractivity contribution >= 4 is 0 Å². The lowest BCUT2D eigenvalue weighted by atomic mass is 9.79. The molecule has 2 saturated carbocycles. The zero-order valence-electron chi connectivity index (χ0n) is 11.5. The molecule has 0 saturated heterocycles. The second kappa shape index (κ2) is 5.71. The summed E-state index contributed by atoms with van der Waals surface area (Å²) >= 11 is 0. The van der Waals surface area contributed by atoms with Crippen LogP contribution in [-0.4, -0.2) is 24.3 Å². The van der Waals surface area contributed by atoms with Crippen LogP contribution in [0.15, 0.2) is 0 Å². The van der Waals surface area contributed by atoms with E-state index in [2.05, 4.69) is 19.2 Å². The van der Waals surface area contributed by atoms with Crippen molar-refractivity contribution in [2.45, 2.75) is 64.8 Å². The van der Waals surface area contributed by atoms with E-state index in [1.807, 2.05) is 0 Å². The topological polar surface area (TPSA) is 32.3 Å². The van der Waals surface area contributed by atoms with Crippen molar-refractivity contribution in [3.05, 3.63) is 0 Å². The molecule has 2 aliphatic rings. The third kappa shape index (κ3) is 3.23. The van der Waals surface area contributed by atoms with Gasteiger partial charge in [-0.3, -0.25) is 0 Å². The van der Waals surface area contributed by atoms with Gasteiger partial charge in [0.2, 0.25) is 0 Å². The number of aliphatic hydroxyl groups is 1. The number of hydrogen-bond acceptors (Lipinski definition) is 2. The molecule has 2 rings (SSSR count). The van der Waals surface area contributed by atoms with Gasteiger partial charge in [-0.05, 0) is 43.9 Å². The highest BCUT2D eigenvalue weighted by Gasteiger charge is 2.34. The lowest BCUT2D eigenvalue weighted by Gasteiger charge is -2.36. The SMILES string of the molecule is CC1CCC(NCC2(CO)CCCC2)C(C)C1. The van der Waals surface area contributed by atoms with Gasteiger partial charge in [-0.25, -0.2) is 0 Å². The van der Waals surface area contributed by atoms with Crippen molar-refractivity contribution in [2.24, 2.45) is 17.3 Å². The quantitative estimate of drug-likeness (QED) is 0.790. The highest BCUT2D eigenvalue weighted by Crippen LogP contribution is 2.37. The van der Waals surface area contributed by atoms with Crippen LogP contribution < -0.4 is 5.32 Å². The van der Waals surface area contributed by atoms with E-state index in [1.165, 1.54) is 44.9 Å². The maximum Gasteiger partial charge on any atom is 0.0499 e. The first-order valence-corrected chi connectivity index (χ1v) is 7.49. The maximum atomic E-state index is 9.61. The van der Waals surface area contributed by atoms with Crippen LogP contribution in [-0.2, 0) is 0 Å². The number of hydrogen-bond donors (Lipinski definition) is 2. The summed E-state index contributed by atoms with van der Waals surface area (Å²) in [5, 5.41) is 13.4. The molecule has 2 N–H and O–H groups in total. The summed E-state index contributed by atoms with van der Waals surface area (Å²) in [6, 6.07) is 0.690. The third-order valence-corrected chi connectivity index (χ3v) is 5.17. The predicted molar refractivity (Wildman–Crippen MR) is 72.0 cm³/mol. The number of nitrogens with one attached hydrogen (secondary N) is 1. The average molecular weight is 239 g/mol. The summed E-state index contributed by atoms with van der Waals surface area (Å²) in [7, 11) is 0. The monoisotopic (exact) mass is 239 g/mol. The number of aliphatic hydroxyl groups excluding tert-OH is 1. The van der Waals surface area contributed by atoms with Gasteiger partial charge < -0.3 is 10.4 Å². The van der Waals surface area contributed by atoms with Crippen LogP contribution in [0, 0.1) is 17.3 Å². The van der Waals surface area contributed by atoms with E-state index in [-0.39, 0.29) is 5.41 Å². The molecule has 2 aliphatic carbocycles. The molecule has 0 radical (unpaired) electrons. The Morgan fingerprint density at radius 1 is 1.18 bits per heavy atom. The average Bonchev–Trinajstić information content (AvgIpc) is 2.77. The third-order valence-electron chi connectivity index (χ3n) is 5.17. The Morgan fingerprint density at radius 3 is 2.47 bits per heavy atom. The standard InChI is InChI=1S/C15H29NO/c1-12-5-6-14(13(2)9-12)16-10-15(11-17)7-3-4-8-15/h12-14,16-17H,3-11H2,1-2H3. The highest BCUT2D eigenvalue weighted by atomic mass is 16.3. The molecule has 3 unspecified atom stereocenters. The Hall–Kier alpha value is -0.0800. The normalized spacial score (nSPS) is 37.2. The van der Waals surface area contributed by atoms with Gasteiger partial charge in [0.1, 0.15) is 0 Å². The minimum absolute atomic E-state index is 0.211. The molecule has 2 fully saturated rings. The smallest absolute Gasteiger partial charge is 0.0499 e. The molecule has 100 valence electrons. The lowest BCUT2D eigenvalue weighted by Crippen LogP contribution is -2.45. The van der Waals surface area contributed by atoms with Crippen molar-refractivity contribution in [1.29, 1.82) is 0 Å². The van der Waals surface area contributed by atoms with Crippen LogP contribution in [0.5, 0.6) is 0 Å². The largest absolute Gasteiger partial charge is 0.396 e. The van der Waals surface area contributed by atoms with E-state index in [0.29, 0.717) is 12.6 Å². The Balaban J connectivity index is 1.81. The molecule has 0 amide bonds. The van der Waals surface area contributed by atoms with Crippen LogP contribution in [0.1, 0.15) is 58.8 Å². The number of rotatable bonds is 4. The van der Waals surface area contributed by atoms with Gasteiger partial charge in [0.05, 0.1) is 0 Å². The molecule has 0 aromatic rings. The summed E-state index contributed by atoms with van der Waals surface area (Å²) in [5.74, 6) is 1.71. The minimum atomic E-state index is 0.211. The van der Waals surface area contributed by atoms with Crippen molar-refractivity contribution in [1.82, 2.24) is 5.32 Å². The van der Waals surface area contributed by atoms with E-state index in [1.54, 1.807) is 0 Å². The fourth-order valence-corrected chi connectivity index (χ4v) is 3.83. The van der Waals surface area contributed by atoms with Gasteiger partial charge >= 0.3 is 0 Å². The van der Waals surface area contributed by atoms with E-state index >= 15 is 0 Å². The lowest BCUT2D eigenvalue weighted by molar-refractivity contribution is 0.114. The van der Waals surface area contributed by atoms with Gasteiger partial charge in [0.15, 0.2) is 0 Å². The first-order chi connectivity index (χ1) is 8.15. The predicted octanol–water partition coefficient (Wildman–Crippen LogP) is 2.95. The Kier molecular flexibility index (Phi) is 4.48. The van der Waals surface area contributed by atoms with Gasteiger partial charge in [0.25, 0.3) is 0 Å². The van der Waals surface area contributed by atoms with Crippen molar-refractivity contribution in [2.75, 3.05) is 13.2 Å². The second-order valence-electron chi connectivity index (χ2n) is 6.75. The Bertz CT molecular complexity index is 235. The van der Waals surface area contributed by atoms with Crippen LogP contribution in [0.4, 0.5) is 0 Å². The van der Waals surface area contributed by atoms with Crippen molar-refractivity contribution < 1.29 is 5.11 Å². The molecule has 2 nitrogen and oxygen atoms in total. The van der Waals surface area contributed by atoms with E-state index in [0.717, 1.165) is 18.4 Å². The molecule has 3 atom stereocenters. The fourth-order valence-electron chi connectivity index (χ4n) is 3.83. The maximum absolute atomic E-state index is 9.61. The van der Waals surface area contributed by atoms with E-state index in [4.69, 9.17) is 0 Å². The first kappa shape index (κ1) is 13.4. The molecule has 0 aromatic carbocycles. The van der Waals surface area contributed by atoms with Crippen LogP contribution in [0.3, 0.4) is 0 Å². The summed E-state index contributed by atoms with van der Waals surface area (Å²) in [4.78, 5) is 0. The molecule has 0 spiro atoms. The molecule has 0 aliphatic heterocycles. The summed E-state index contributed by atoms with van der Waals surface area (Å²) in [6.07, 6.45) is 9.10. The molecule has 0 heterocycles. The van der Waals surface area contributed by atoms with Crippen molar-refractivity contribution in [3.63, 3.8) is 0 Å². The molecular weight excluding hydrogens is 210 g/mol. The van der Waals surface area contributed by atoms with Gasteiger partial charge in [-0.2, -0.15) is 0 Å². The molecular formula is C15H29NO. The molecule has 0 aromatic heterocycles. The molecule has 2 heteroatoms. The fraction of sp³-hybridized carbons (Fsp3) is 1.00. The molecule has 0 bridgehead atoms. The second-order valence-corrected chi connectivity index (χ2v) is 6.75. The van der Waals surface area contributed by atoms with Gasteiger partial charge in [-0.15, -0.1) is 0 Å². The summed E-state index contributed by atoms with van der Waals surface area (Å²) in [6.45, 7) is 6.16. The zero-order chi connectivity index (χ0) is 12.3. The summed E-state index contributed by atoms with van der Waals surface area (Å²) < 4.78 is 0. The van der Waals surface area contributed by atoms with Crippen molar-refractivity contribution in [3.8, 4) is 0 Å². The van der Waals surface area contributed by atoms with Crippen LogP contribution in [0.2, 0.25) is 0 Å². The van der Waals surface area contributed by atoms with E-state index < -0.39 is 0 Å². The van der Waals surface area contributed by atoms with Gasteiger partial charge in [0, 0.05) is 24.6 Å². The van der Waals surface area contributed by atoms with Gasteiger partial charge in [-0.1, -0.05) is 26.7 Å².